The first-order valence-electron chi connectivity index (χ1n) is 7.83. The molecule has 1 aromatic rings. The summed E-state index contributed by atoms with van der Waals surface area (Å²) in [5.41, 5.74) is 3.51. The Kier molecular flexibility index (Phi) is 3.47. The van der Waals surface area contributed by atoms with Gasteiger partial charge in [0.1, 0.15) is 11.5 Å². The zero-order valence-electron chi connectivity index (χ0n) is 13.5. The van der Waals surface area contributed by atoms with Crippen LogP contribution in [0.5, 0.6) is 11.5 Å². The van der Waals surface area contributed by atoms with Crippen LogP contribution in [0.15, 0.2) is 35.5 Å². The maximum atomic E-state index is 12.7. The van der Waals surface area contributed by atoms with E-state index in [0.29, 0.717) is 11.5 Å². The number of benzene rings is 1. The molecule has 2 unspecified atom stereocenters. The zero-order chi connectivity index (χ0) is 16.8. The number of hydrogen-bond donors (Lipinski definition) is 3. The summed E-state index contributed by atoms with van der Waals surface area (Å²) in [5.74, 6) is 0.272. The van der Waals surface area contributed by atoms with Crippen LogP contribution in [0.1, 0.15) is 38.7 Å². The number of phenolic OH excluding ortho intramolecular Hbond substituents is 2. The van der Waals surface area contributed by atoms with E-state index in [2.05, 4.69) is 31.0 Å². The lowest BCUT2D eigenvalue weighted by Gasteiger charge is -2.36. The van der Waals surface area contributed by atoms with Crippen LogP contribution in [0.25, 0.3) is 0 Å². The quantitative estimate of drug-likeness (QED) is 0.456. The summed E-state index contributed by atoms with van der Waals surface area (Å²) in [7, 11) is 0. The molecule has 122 valence electrons. The third-order valence-corrected chi connectivity index (χ3v) is 5.71. The Morgan fingerprint density at radius 2 is 2.17 bits per heavy atom. The van der Waals surface area contributed by atoms with Crippen molar-refractivity contribution in [2.45, 2.75) is 33.1 Å². The monoisotopic (exact) mass is 314 g/mol. The van der Waals surface area contributed by atoms with Crippen LogP contribution in [-0.2, 0) is 4.79 Å². The largest absolute Gasteiger partial charge is 0.508 e. The van der Waals surface area contributed by atoms with Gasteiger partial charge in [0.15, 0.2) is 0 Å². The molecule has 2 aliphatic rings. The number of hydrazone groups is 1. The minimum atomic E-state index is -0.511. The van der Waals surface area contributed by atoms with E-state index >= 15 is 0 Å². The molecule has 1 aromatic carbocycles. The number of fused-ring (bicyclic) bond motifs is 2. The van der Waals surface area contributed by atoms with Crippen LogP contribution < -0.4 is 5.43 Å². The zero-order valence-corrected chi connectivity index (χ0v) is 13.5. The van der Waals surface area contributed by atoms with Crippen LogP contribution in [-0.4, -0.2) is 22.3 Å². The van der Waals surface area contributed by atoms with Gasteiger partial charge in [-0.1, -0.05) is 26.0 Å². The third kappa shape index (κ3) is 2.31. The van der Waals surface area contributed by atoms with E-state index in [1.54, 1.807) is 0 Å². The lowest BCUT2D eigenvalue weighted by molar-refractivity contribution is -0.128. The average molecular weight is 314 g/mol. The molecule has 1 amide bonds. The van der Waals surface area contributed by atoms with Crippen molar-refractivity contribution in [3.8, 4) is 11.5 Å². The van der Waals surface area contributed by atoms with Gasteiger partial charge in [-0.2, -0.15) is 5.10 Å². The molecule has 3 N–H and O–H groups in total. The molecule has 0 aromatic heterocycles. The van der Waals surface area contributed by atoms with E-state index < -0.39 is 5.41 Å². The van der Waals surface area contributed by atoms with Crippen molar-refractivity contribution in [2.75, 3.05) is 0 Å². The van der Waals surface area contributed by atoms with E-state index in [0.717, 1.165) is 24.8 Å². The Morgan fingerprint density at radius 1 is 1.43 bits per heavy atom. The number of rotatable bonds is 3. The molecular weight excluding hydrogens is 292 g/mol. The molecule has 23 heavy (non-hydrogen) atoms. The van der Waals surface area contributed by atoms with Crippen molar-refractivity contribution >= 4 is 12.1 Å². The number of amides is 1. The Balaban J connectivity index is 1.73. The fourth-order valence-corrected chi connectivity index (χ4v) is 4.05. The number of carbonyl (C=O) groups is 1. The van der Waals surface area contributed by atoms with Gasteiger partial charge in [-0.3, -0.25) is 4.79 Å². The molecule has 5 heteroatoms. The first-order valence-corrected chi connectivity index (χ1v) is 7.83. The van der Waals surface area contributed by atoms with Gasteiger partial charge in [-0.05, 0) is 42.7 Å². The van der Waals surface area contributed by atoms with E-state index in [4.69, 9.17) is 0 Å². The summed E-state index contributed by atoms with van der Waals surface area (Å²) in [6.45, 7) is 8.51. The minimum Gasteiger partial charge on any atom is -0.508 e. The highest BCUT2D eigenvalue weighted by Crippen LogP contribution is 2.65. The van der Waals surface area contributed by atoms with Crippen LogP contribution in [0.2, 0.25) is 0 Å². The highest BCUT2D eigenvalue weighted by atomic mass is 16.3. The van der Waals surface area contributed by atoms with E-state index in [-0.39, 0.29) is 22.8 Å². The number of carbonyl (C=O) groups excluding carboxylic acids is 1. The summed E-state index contributed by atoms with van der Waals surface area (Å²) in [6.07, 6.45) is 4.08. The topological polar surface area (TPSA) is 81.9 Å². The molecule has 2 bridgehead atoms. The SMILES string of the molecule is C=C1C2(C(=O)N/N=C/c3ccc(O)cc3O)CCC(C2)C1(C)C. The highest BCUT2D eigenvalue weighted by Gasteiger charge is 2.60. The molecule has 2 atom stereocenters. The van der Waals surface area contributed by atoms with Crippen LogP contribution in [0.4, 0.5) is 0 Å². The number of nitrogens with zero attached hydrogens (tertiary/aromatic N) is 1. The van der Waals surface area contributed by atoms with Gasteiger partial charge in [-0.25, -0.2) is 5.43 Å². The minimum absolute atomic E-state index is 0.00543. The summed E-state index contributed by atoms with van der Waals surface area (Å²) in [4.78, 5) is 12.7. The van der Waals surface area contributed by atoms with Gasteiger partial charge >= 0.3 is 0 Å². The van der Waals surface area contributed by atoms with E-state index in [1.807, 2.05) is 0 Å². The standard InChI is InChI=1S/C18H22N2O3/c1-11-17(2,3)13-6-7-18(11,9-13)16(23)20-19-10-12-4-5-14(21)8-15(12)22/h4-5,8,10,13,21-22H,1,6-7,9H2,2-3H3,(H,20,23)/b19-10+. The van der Waals surface area contributed by atoms with Gasteiger partial charge in [0, 0.05) is 11.6 Å². The van der Waals surface area contributed by atoms with E-state index in [9.17, 15) is 15.0 Å². The van der Waals surface area contributed by atoms with Gasteiger partial charge in [0.25, 0.3) is 0 Å². The number of hydrogen-bond acceptors (Lipinski definition) is 4. The molecule has 0 aliphatic heterocycles. The smallest absolute Gasteiger partial charge is 0.250 e. The molecule has 5 nitrogen and oxygen atoms in total. The molecular formula is C18H22N2O3. The second-order valence-electron chi connectivity index (χ2n) is 7.16. The van der Waals surface area contributed by atoms with Gasteiger partial charge in [-0.15, -0.1) is 0 Å². The van der Waals surface area contributed by atoms with Crippen LogP contribution in [0.3, 0.4) is 0 Å². The first kappa shape index (κ1) is 15.6. The average Bonchev–Trinajstić information content (AvgIpc) is 3.01. The second-order valence-corrected chi connectivity index (χ2v) is 7.16. The van der Waals surface area contributed by atoms with Crippen molar-refractivity contribution in [2.24, 2.45) is 21.8 Å². The normalized spacial score (nSPS) is 28.4. The summed E-state index contributed by atoms with van der Waals surface area (Å²) < 4.78 is 0. The highest BCUT2D eigenvalue weighted by molar-refractivity contribution is 5.89. The fraction of sp³-hybridized carbons (Fsp3) is 0.444. The maximum absolute atomic E-state index is 12.7. The molecule has 2 aliphatic carbocycles. The number of phenols is 2. The molecule has 0 radical (unpaired) electrons. The molecule has 2 fully saturated rings. The van der Waals surface area contributed by atoms with E-state index in [1.165, 1.54) is 24.4 Å². The third-order valence-electron chi connectivity index (χ3n) is 5.71. The molecule has 0 heterocycles. The molecule has 2 saturated carbocycles. The Labute approximate surface area is 135 Å². The summed E-state index contributed by atoms with van der Waals surface area (Å²) in [5, 5.41) is 22.9. The summed E-state index contributed by atoms with van der Waals surface area (Å²) >= 11 is 0. The van der Waals surface area contributed by atoms with Crippen molar-refractivity contribution < 1.29 is 15.0 Å². The predicted octanol–water partition coefficient (Wildman–Crippen LogP) is 2.93. The lowest BCUT2D eigenvalue weighted by atomic mass is 9.68. The number of nitrogens with one attached hydrogen (secondary N) is 1. The number of aromatic hydroxyl groups is 2. The second kappa shape index (κ2) is 5.11. The Morgan fingerprint density at radius 3 is 2.78 bits per heavy atom. The van der Waals surface area contributed by atoms with Crippen molar-refractivity contribution in [1.82, 2.24) is 5.43 Å². The van der Waals surface area contributed by atoms with Crippen molar-refractivity contribution in [3.05, 3.63) is 35.9 Å². The van der Waals surface area contributed by atoms with Gasteiger partial charge < -0.3 is 10.2 Å². The van der Waals surface area contributed by atoms with Gasteiger partial charge in [0.05, 0.1) is 11.6 Å². The molecule has 3 rings (SSSR count). The molecule has 0 saturated heterocycles. The van der Waals surface area contributed by atoms with Crippen molar-refractivity contribution in [1.29, 1.82) is 0 Å². The lowest BCUT2D eigenvalue weighted by Crippen LogP contribution is -2.39. The van der Waals surface area contributed by atoms with Gasteiger partial charge in [0.2, 0.25) is 5.91 Å². The summed E-state index contributed by atoms with van der Waals surface area (Å²) in [6, 6.07) is 4.21. The maximum Gasteiger partial charge on any atom is 0.250 e. The fourth-order valence-electron chi connectivity index (χ4n) is 4.05. The predicted molar refractivity (Wildman–Crippen MR) is 88.2 cm³/mol. The van der Waals surface area contributed by atoms with Crippen LogP contribution in [0, 0.1) is 16.7 Å². The molecule has 0 spiro atoms. The Hall–Kier alpha value is -2.30. The van der Waals surface area contributed by atoms with Crippen LogP contribution >= 0.6 is 0 Å². The first-order chi connectivity index (χ1) is 10.8. The van der Waals surface area contributed by atoms with Crippen molar-refractivity contribution in [3.63, 3.8) is 0 Å². The Bertz CT molecular complexity index is 708.